The zero-order valence-electron chi connectivity index (χ0n) is 13.5. The van der Waals surface area contributed by atoms with Gasteiger partial charge in [-0.25, -0.2) is 0 Å². The molecular formula is C17H14N4O3S2. The molecule has 0 atom stereocenters. The Morgan fingerprint density at radius 2 is 1.85 bits per heavy atom. The number of nitro benzene ring substituents is 1. The van der Waals surface area contributed by atoms with Gasteiger partial charge in [-0.1, -0.05) is 41.7 Å². The van der Waals surface area contributed by atoms with Crippen LogP contribution in [-0.2, 0) is 11.2 Å². The van der Waals surface area contributed by atoms with E-state index in [-0.39, 0.29) is 17.3 Å². The Morgan fingerprint density at radius 3 is 2.54 bits per heavy atom. The Kier molecular flexibility index (Phi) is 5.92. The van der Waals surface area contributed by atoms with Gasteiger partial charge in [0.1, 0.15) is 5.01 Å². The predicted molar refractivity (Wildman–Crippen MR) is 102 cm³/mol. The summed E-state index contributed by atoms with van der Waals surface area (Å²) < 4.78 is 0. The summed E-state index contributed by atoms with van der Waals surface area (Å²) in [4.78, 5) is 23.0. The number of hydrogen-bond donors (Lipinski definition) is 1. The molecule has 2 aromatic carbocycles. The summed E-state index contributed by atoms with van der Waals surface area (Å²) in [6.07, 6.45) is 0.673. The number of hydrogen-bond acceptors (Lipinski definition) is 7. The Morgan fingerprint density at radius 1 is 1.12 bits per heavy atom. The van der Waals surface area contributed by atoms with E-state index >= 15 is 0 Å². The molecule has 0 spiro atoms. The number of rotatable bonds is 7. The van der Waals surface area contributed by atoms with Gasteiger partial charge in [0.25, 0.3) is 5.69 Å². The monoisotopic (exact) mass is 386 g/mol. The largest absolute Gasteiger partial charge is 0.300 e. The Labute approximate surface area is 157 Å². The number of nitrogens with one attached hydrogen (secondary N) is 1. The van der Waals surface area contributed by atoms with E-state index in [0.717, 1.165) is 15.5 Å². The van der Waals surface area contributed by atoms with Gasteiger partial charge in [0.15, 0.2) is 0 Å². The van der Waals surface area contributed by atoms with E-state index in [4.69, 9.17) is 0 Å². The molecule has 0 bridgehead atoms. The van der Waals surface area contributed by atoms with Gasteiger partial charge in [0.2, 0.25) is 11.0 Å². The number of carbonyl (C=O) groups excluding carboxylic acids is 1. The number of aromatic nitrogens is 2. The van der Waals surface area contributed by atoms with Crippen molar-refractivity contribution in [3.63, 3.8) is 0 Å². The number of benzene rings is 2. The Bertz CT molecular complexity index is 898. The number of thioether (sulfide) groups is 1. The molecule has 3 aromatic rings. The fourth-order valence-electron chi connectivity index (χ4n) is 2.11. The highest BCUT2D eigenvalue weighted by Gasteiger charge is 2.10. The molecular weight excluding hydrogens is 372 g/mol. The van der Waals surface area contributed by atoms with Gasteiger partial charge in [0.05, 0.1) is 10.7 Å². The summed E-state index contributed by atoms with van der Waals surface area (Å²) in [6.45, 7) is 0. The second-order valence-electron chi connectivity index (χ2n) is 5.25. The lowest BCUT2D eigenvalue weighted by molar-refractivity contribution is -0.384. The van der Waals surface area contributed by atoms with Crippen molar-refractivity contribution in [2.24, 2.45) is 0 Å². The van der Waals surface area contributed by atoms with E-state index in [1.165, 1.54) is 35.2 Å². The molecule has 132 valence electrons. The molecule has 1 N–H and O–H groups in total. The van der Waals surface area contributed by atoms with Crippen LogP contribution in [0.4, 0.5) is 10.8 Å². The van der Waals surface area contributed by atoms with E-state index in [1.807, 2.05) is 30.3 Å². The number of non-ortho nitro benzene ring substituents is 1. The van der Waals surface area contributed by atoms with E-state index in [0.29, 0.717) is 11.6 Å². The minimum atomic E-state index is -0.455. The van der Waals surface area contributed by atoms with Crippen molar-refractivity contribution < 1.29 is 9.72 Å². The van der Waals surface area contributed by atoms with Crippen molar-refractivity contribution in [2.75, 3.05) is 11.1 Å². The fourth-order valence-corrected chi connectivity index (χ4v) is 3.60. The third kappa shape index (κ3) is 5.11. The van der Waals surface area contributed by atoms with Crippen LogP contribution in [0.15, 0.2) is 59.5 Å². The van der Waals surface area contributed by atoms with Crippen LogP contribution in [0.1, 0.15) is 10.6 Å². The fraction of sp³-hybridized carbons (Fsp3) is 0.118. The normalized spacial score (nSPS) is 10.5. The molecule has 7 nitrogen and oxygen atoms in total. The lowest BCUT2D eigenvalue weighted by atomic mass is 10.2. The van der Waals surface area contributed by atoms with E-state index in [9.17, 15) is 14.9 Å². The van der Waals surface area contributed by atoms with Gasteiger partial charge >= 0.3 is 0 Å². The van der Waals surface area contributed by atoms with Crippen molar-refractivity contribution in [1.29, 1.82) is 0 Å². The number of nitrogens with zero attached hydrogens (tertiary/aromatic N) is 3. The molecule has 0 saturated heterocycles. The lowest BCUT2D eigenvalue weighted by Gasteiger charge is -2.01. The van der Waals surface area contributed by atoms with Crippen molar-refractivity contribution in [3.8, 4) is 0 Å². The summed E-state index contributed by atoms with van der Waals surface area (Å²) in [5.41, 5.74) is 1.16. The molecule has 0 unspecified atom stereocenters. The molecule has 0 saturated carbocycles. The van der Waals surface area contributed by atoms with Gasteiger partial charge in [0, 0.05) is 23.4 Å². The maximum Gasteiger partial charge on any atom is 0.269 e. The van der Waals surface area contributed by atoms with Gasteiger partial charge in [-0.3, -0.25) is 20.2 Å². The minimum absolute atomic E-state index is 0.0265. The molecule has 0 aliphatic rings. The maximum atomic E-state index is 12.0. The lowest BCUT2D eigenvalue weighted by Crippen LogP contribution is -2.13. The van der Waals surface area contributed by atoms with Gasteiger partial charge in [-0.05, 0) is 17.7 Å². The first-order valence-electron chi connectivity index (χ1n) is 7.63. The molecule has 1 amide bonds. The number of anilines is 1. The molecule has 3 rings (SSSR count). The van der Waals surface area contributed by atoms with E-state index in [1.54, 1.807) is 12.1 Å². The quantitative estimate of drug-likeness (QED) is 0.377. The van der Waals surface area contributed by atoms with Crippen LogP contribution in [0.3, 0.4) is 0 Å². The molecule has 1 heterocycles. The molecule has 9 heteroatoms. The summed E-state index contributed by atoms with van der Waals surface area (Å²) in [5, 5.41) is 22.7. The van der Waals surface area contributed by atoms with Crippen molar-refractivity contribution in [3.05, 3.63) is 75.3 Å². The third-order valence-corrected chi connectivity index (χ3v) is 5.18. The van der Waals surface area contributed by atoms with Crippen LogP contribution < -0.4 is 5.32 Å². The maximum absolute atomic E-state index is 12.0. The zero-order chi connectivity index (χ0) is 18.4. The number of amides is 1. The first-order valence-corrected chi connectivity index (χ1v) is 9.44. The molecule has 0 fully saturated rings. The second-order valence-corrected chi connectivity index (χ2v) is 7.36. The van der Waals surface area contributed by atoms with Crippen LogP contribution in [0.2, 0.25) is 0 Å². The van der Waals surface area contributed by atoms with Crippen LogP contribution in [0.25, 0.3) is 0 Å². The van der Waals surface area contributed by atoms with Crippen LogP contribution in [-0.4, -0.2) is 26.8 Å². The first-order chi connectivity index (χ1) is 12.6. The van der Waals surface area contributed by atoms with Crippen LogP contribution in [0, 0.1) is 10.1 Å². The molecule has 0 aliphatic heterocycles. The molecule has 26 heavy (non-hydrogen) atoms. The predicted octanol–water partition coefficient (Wildman–Crippen LogP) is 3.77. The SMILES string of the molecule is O=C(CSc1ccc([N+](=O)[O-])cc1)Nc1nnc(Cc2ccccc2)s1. The van der Waals surface area contributed by atoms with Crippen molar-refractivity contribution >= 4 is 39.8 Å². The van der Waals surface area contributed by atoms with Gasteiger partial charge in [-0.15, -0.1) is 22.0 Å². The van der Waals surface area contributed by atoms with E-state index in [2.05, 4.69) is 15.5 Å². The highest BCUT2D eigenvalue weighted by molar-refractivity contribution is 8.00. The molecule has 1 aromatic heterocycles. The van der Waals surface area contributed by atoms with Crippen LogP contribution in [0.5, 0.6) is 0 Å². The Balaban J connectivity index is 1.50. The minimum Gasteiger partial charge on any atom is -0.300 e. The smallest absolute Gasteiger partial charge is 0.269 e. The second kappa shape index (κ2) is 8.54. The average Bonchev–Trinajstić information content (AvgIpc) is 3.08. The standard InChI is InChI=1S/C17H14N4O3S2/c22-15(11-25-14-8-6-13(7-9-14)21(23)24)18-17-20-19-16(26-17)10-12-4-2-1-3-5-12/h1-9H,10-11H2,(H,18,20,22). The van der Waals surface area contributed by atoms with Gasteiger partial charge in [-0.2, -0.15) is 0 Å². The topological polar surface area (TPSA) is 98.0 Å². The highest BCUT2D eigenvalue weighted by Crippen LogP contribution is 2.22. The van der Waals surface area contributed by atoms with Crippen molar-refractivity contribution in [1.82, 2.24) is 10.2 Å². The van der Waals surface area contributed by atoms with Crippen molar-refractivity contribution in [2.45, 2.75) is 11.3 Å². The molecule has 0 aliphatic carbocycles. The summed E-state index contributed by atoms with van der Waals surface area (Å²) in [5.74, 6) is -0.0124. The summed E-state index contributed by atoms with van der Waals surface area (Å²) in [6, 6.07) is 16.0. The van der Waals surface area contributed by atoms with E-state index < -0.39 is 4.92 Å². The summed E-state index contributed by atoms with van der Waals surface area (Å²) in [7, 11) is 0. The molecule has 0 radical (unpaired) electrons. The average molecular weight is 386 g/mol. The zero-order valence-corrected chi connectivity index (χ0v) is 15.1. The van der Waals surface area contributed by atoms with Gasteiger partial charge < -0.3 is 0 Å². The summed E-state index contributed by atoms with van der Waals surface area (Å²) >= 11 is 2.64. The number of nitro groups is 1. The highest BCUT2D eigenvalue weighted by atomic mass is 32.2. The number of carbonyl (C=O) groups is 1. The first kappa shape index (κ1) is 18.0. The third-order valence-electron chi connectivity index (χ3n) is 3.33. The Hall–Kier alpha value is -2.78. The van der Waals surface area contributed by atoms with Crippen LogP contribution >= 0.6 is 23.1 Å².